The number of halogens is 1. The summed E-state index contributed by atoms with van der Waals surface area (Å²) in [5, 5.41) is 9.10. The fraction of sp³-hybridized carbons (Fsp3) is 1.00. The number of methoxy groups -OCH3 is 1. The summed E-state index contributed by atoms with van der Waals surface area (Å²) in [4.78, 5) is 0. The number of hydrogen-bond donors (Lipinski definition) is 1. The fourth-order valence-corrected chi connectivity index (χ4v) is 1.06. The van der Waals surface area contributed by atoms with E-state index in [-0.39, 0.29) is 6.61 Å². The number of aliphatic hydroxyl groups excluding tert-OH is 1. The highest BCUT2D eigenvalue weighted by molar-refractivity contribution is 6.11. The second kappa shape index (κ2) is 3.52. The van der Waals surface area contributed by atoms with Crippen LogP contribution in [0, 0.1) is 0 Å². The van der Waals surface area contributed by atoms with Gasteiger partial charge in [0.15, 0.2) is 0 Å². The van der Waals surface area contributed by atoms with E-state index in [1.807, 2.05) is 0 Å². The third-order valence-electron chi connectivity index (χ3n) is 1.68. The molecular formula is C6H10BFO3. The Morgan fingerprint density at radius 3 is 2.73 bits per heavy atom. The van der Waals surface area contributed by atoms with Gasteiger partial charge in [-0.05, 0) is 0 Å². The largest absolute Gasteiger partial charge is 0.387 e. The van der Waals surface area contributed by atoms with Crippen LogP contribution in [0.15, 0.2) is 0 Å². The van der Waals surface area contributed by atoms with E-state index >= 15 is 0 Å². The lowest BCUT2D eigenvalue weighted by atomic mass is 9.94. The molecule has 0 aliphatic carbocycles. The maximum Gasteiger partial charge on any atom is 0.146 e. The second-order valence-electron chi connectivity index (χ2n) is 2.53. The smallest absolute Gasteiger partial charge is 0.146 e. The summed E-state index contributed by atoms with van der Waals surface area (Å²) >= 11 is 0. The molecule has 0 aromatic heterocycles. The lowest BCUT2D eigenvalue weighted by Gasteiger charge is -2.11. The van der Waals surface area contributed by atoms with Crippen molar-refractivity contribution < 1.29 is 19.0 Å². The first-order valence-corrected chi connectivity index (χ1v) is 3.39. The molecular weight excluding hydrogens is 150 g/mol. The molecule has 3 nitrogen and oxygen atoms in total. The Labute approximate surface area is 65.9 Å². The first-order chi connectivity index (χ1) is 5.16. The molecule has 5 heteroatoms. The summed E-state index contributed by atoms with van der Waals surface area (Å²) < 4.78 is 22.3. The van der Waals surface area contributed by atoms with Crippen LogP contribution in [-0.4, -0.2) is 51.1 Å². The van der Waals surface area contributed by atoms with Crippen LogP contribution in [-0.2, 0) is 9.47 Å². The van der Waals surface area contributed by atoms with Gasteiger partial charge in [0.1, 0.15) is 26.2 Å². The van der Waals surface area contributed by atoms with Crippen molar-refractivity contribution in [3.63, 3.8) is 0 Å². The van der Waals surface area contributed by atoms with Gasteiger partial charge in [0, 0.05) is 7.11 Å². The molecule has 1 N–H and O–H groups in total. The van der Waals surface area contributed by atoms with Gasteiger partial charge in [-0.15, -0.1) is 0 Å². The van der Waals surface area contributed by atoms with E-state index < -0.39 is 24.4 Å². The molecule has 1 heterocycles. The molecule has 0 bridgehead atoms. The van der Waals surface area contributed by atoms with E-state index in [1.165, 1.54) is 7.11 Å². The highest BCUT2D eigenvalue weighted by Gasteiger charge is 2.40. The number of alkyl halides is 1. The summed E-state index contributed by atoms with van der Waals surface area (Å²) in [6, 6.07) is -1.02. The maximum atomic E-state index is 12.7. The average molecular weight is 160 g/mol. The van der Waals surface area contributed by atoms with Crippen LogP contribution in [0.4, 0.5) is 4.39 Å². The lowest BCUT2D eigenvalue weighted by Crippen LogP contribution is -2.31. The van der Waals surface area contributed by atoms with Gasteiger partial charge in [-0.25, -0.2) is 4.39 Å². The standard InChI is InChI=1S/C6H10BFO3/c1-10-2-3-5(9)4(8)6(7)11-3/h3-6,9H,2H2,1H3. The van der Waals surface area contributed by atoms with Crippen molar-refractivity contribution in [1.29, 1.82) is 0 Å². The van der Waals surface area contributed by atoms with Gasteiger partial charge in [0.25, 0.3) is 0 Å². The minimum Gasteiger partial charge on any atom is -0.387 e. The van der Waals surface area contributed by atoms with E-state index in [2.05, 4.69) is 4.74 Å². The Morgan fingerprint density at radius 2 is 2.36 bits per heavy atom. The molecule has 2 radical (unpaired) electrons. The van der Waals surface area contributed by atoms with Crippen LogP contribution in [0.2, 0.25) is 0 Å². The minimum atomic E-state index is -1.50. The number of aliphatic hydroxyl groups is 1. The minimum absolute atomic E-state index is 0.162. The van der Waals surface area contributed by atoms with Gasteiger partial charge in [-0.1, -0.05) is 0 Å². The maximum absolute atomic E-state index is 12.7. The quantitative estimate of drug-likeness (QED) is 0.538. The Hall–Kier alpha value is -0.125. The van der Waals surface area contributed by atoms with Crippen LogP contribution in [0.3, 0.4) is 0 Å². The van der Waals surface area contributed by atoms with E-state index in [9.17, 15) is 4.39 Å². The van der Waals surface area contributed by atoms with Crippen molar-refractivity contribution in [2.24, 2.45) is 0 Å². The highest BCUT2D eigenvalue weighted by atomic mass is 19.1. The molecule has 1 saturated heterocycles. The molecule has 1 aliphatic heterocycles. The van der Waals surface area contributed by atoms with Crippen molar-refractivity contribution in [3.8, 4) is 0 Å². The first-order valence-electron chi connectivity index (χ1n) is 3.39. The van der Waals surface area contributed by atoms with E-state index in [0.717, 1.165) is 0 Å². The van der Waals surface area contributed by atoms with Gasteiger partial charge in [0.2, 0.25) is 0 Å². The number of hydrogen-bond acceptors (Lipinski definition) is 3. The summed E-state index contributed by atoms with van der Waals surface area (Å²) in [7, 11) is 6.63. The van der Waals surface area contributed by atoms with Crippen molar-refractivity contribution in [2.75, 3.05) is 13.7 Å². The molecule has 0 spiro atoms. The van der Waals surface area contributed by atoms with Gasteiger partial charge >= 0.3 is 0 Å². The van der Waals surface area contributed by atoms with E-state index in [1.54, 1.807) is 0 Å². The molecule has 0 aromatic rings. The number of rotatable bonds is 2. The summed E-state index contributed by atoms with van der Waals surface area (Å²) in [6.07, 6.45) is -3.30. The fourth-order valence-electron chi connectivity index (χ4n) is 1.06. The highest BCUT2D eigenvalue weighted by Crippen LogP contribution is 2.21. The molecule has 0 aromatic carbocycles. The molecule has 0 amide bonds. The summed E-state index contributed by atoms with van der Waals surface area (Å²) in [6.45, 7) is 0.162. The zero-order valence-electron chi connectivity index (χ0n) is 6.24. The molecule has 1 fully saturated rings. The molecule has 4 atom stereocenters. The Bertz CT molecular complexity index is 135. The van der Waals surface area contributed by atoms with Gasteiger partial charge in [0.05, 0.1) is 12.6 Å². The monoisotopic (exact) mass is 160 g/mol. The van der Waals surface area contributed by atoms with Gasteiger partial charge < -0.3 is 14.6 Å². The summed E-state index contributed by atoms with van der Waals surface area (Å²) in [5.41, 5.74) is 0. The van der Waals surface area contributed by atoms with Crippen molar-refractivity contribution >= 4 is 7.85 Å². The third-order valence-corrected chi connectivity index (χ3v) is 1.68. The zero-order chi connectivity index (χ0) is 8.43. The molecule has 1 aliphatic rings. The van der Waals surface area contributed by atoms with Crippen molar-refractivity contribution in [3.05, 3.63) is 0 Å². The average Bonchev–Trinajstić information content (AvgIpc) is 2.19. The molecule has 1 rings (SSSR count). The van der Waals surface area contributed by atoms with Crippen LogP contribution in [0.25, 0.3) is 0 Å². The van der Waals surface area contributed by atoms with Crippen LogP contribution in [0.5, 0.6) is 0 Å². The van der Waals surface area contributed by atoms with Crippen LogP contribution < -0.4 is 0 Å². The lowest BCUT2D eigenvalue weighted by molar-refractivity contribution is -0.0187. The predicted molar refractivity (Wildman–Crippen MR) is 37.2 cm³/mol. The summed E-state index contributed by atoms with van der Waals surface area (Å²) in [5.74, 6) is 0. The molecule has 62 valence electrons. The van der Waals surface area contributed by atoms with E-state index in [4.69, 9.17) is 17.7 Å². The molecule has 4 unspecified atom stereocenters. The van der Waals surface area contributed by atoms with Crippen LogP contribution in [0.1, 0.15) is 0 Å². The molecule has 0 saturated carbocycles. The normalized spacial score (nSPS) is 44.6. The Morgan fingerprint density at radius 1 is 1.73 bits per heavy atom. The van der Waals surface area contributed by atoms with Crippen molar-refractivity contribution in [2.45, 2.75) is 24.4 Å². The Kier molecular flexibility index (Phi) is 2.87. The van der Waals surface area contributed by atoms with Gasteiger partial charge in [-0.2, -0.15) is 0 Å². The first kappa shape index (κ1) is 8.97. The number of ether oxygens (including phenoxy) is 2. The molecule has 11 heavy (non-hydrogen) atoms. The zero-order valence-corrected chi connectivity index (χ0v) is 6.24. The van der Waals surface area contributed by atoms with Crippen molar-refractivity contribution in [1.82, 2.24) is 0 Å². The third kappa shape index (κ3) is 1.72. The topological polar surface area (TPSA) is 38.7 Å². The predicted octanol–water partition coefficient (Wildman–Crippen LogP) is -0.775. The Balaban J connectivity index is 2.45. The van der Waals surface area contributed by atoms with Crippen LogP contribution >= 0.6 is 0 Å². The second-order valence-corrected chi connectivity index (χ2v) is 2.53. The van der Waals surface area contributed by atoms with Gasteiger partial charge in [-0.3, -0.25) is 0 Å². The van der Waals surface area contributed by atoms with E-state index in [0.29, 0.717) is 0 Å². The SMILES string of the molecule is [B]C1OC(COC)C(O)C1F.